The van der Waals surface area contributed by atoms with E-state index in [0.29, 0.717) is 28.8 Å². The van der Waals surface area contributed by atoms with E-state index in [1.165, 1.54) is 0 Å². The highest BCUT2D eigenvalue weighted by Crippen LogP contribution is 2.26. The lowest BCUT2D eigenvalue weighted by molar-refractivity contribution is -0.114. The highest BCUT2D eigenvalue weighted by Gasteiger charge is 2.21. The smallest absolute Gasteiger partial charge is 0.156 e. The van der Waals surface area contributed by atoms with E-state index in [9.17, 15) is 9.90 Å². The Morgan fingerprint density at radius 3 is 2.91 bits per heavy atom. The number of hydrogen-bond donors (Lipinski definition) is 2. The van der Waals surface area contributed by atoms with Crippen molar-refractivity contribution in [1.29, 1.82) is 0 Å². The molecule has 0 aliphatic carbocycles. The minimum atomic E-state index is -0.887. The molecule has 0 aliphatic heterocycles. The van der Waals surface area contributed by atoms with Gasteiger partial charge in [-0.2, -0.15) is 0 Å². The van der Waals surface area contributed by atoms with Crippen molar-refractivity contribution in [3.8, 4) is 0 Å². The second-order valence-electron chi connectivity index (χ2n) is 6.28. The van der Waals surface area contributed by atoms with E-state index in [0.717, 1.165) is 11.8 Å². The SMILES string of the molecule is CC(C)(C=O)Cc1c[nH]c2ncc(C(O)c3cccnc3)nc12. The maximum absolute atomic E-state index is 11.2. The molecule has 0 aromatic carbocycles. The molecule has 0 amide bonds. The normalized spacial score (nSPS) is 13.2. The van der Waals surface area contributed by atoms with E-state index < -0.39 is 11.5 Å². The first kappa shape index (κ1) is 15.3. The molecular weight excluding hydrogens is 292 g/mol. The molecule has 2 N–H and O–H groups in total. The first-order valence-corrected chi connectivity index (χ1v) is 7.37. The van der Waals surface area contributed by atoms with Crippen LogP contribution in [0.2, 0.25) is 0 Å². The summed E-state index contributed by atoms with van der Waals surface area (Å²) in [5.41, 5.74) is 2.87. The molecule has 0 spiro atoms. The van der Waals surface area contributed by atoms with E-state index in [1.807, 2.05) is 20.0 Å². The summed E-state index contributed by atoms with van der Waals surface area (Å²) < 4.78 is 0. The van der Waals surface area contributed by atoms with Gasteiger partial charge >= 0.3 is 0 Å². The van der Waals surface area contributed by atoms with Crippen molar-refractivity contribution in [3.05, 3.63) is 53.7 Å². The summed E-state index contributed by atoms with van der Waals surface area (Å²) in [7, 11) is 0. The summed E-state index contributed by atoms with van der Waals surface area (Å²) in [6.07, 6.45) is 7.22. The van der Waals surface area contributed by atoms with Crippen molar-refractivity contribution in [2.45, 2.75) is 26.4 Å². The number of pyridine rings is 1. The number of aliphatic hydroxyl groups excluding tert-OH is 1. The Labute approximate surface area is 133 Å². The van der Waals surface area contributed by atoms with E-state index in [2.05, 4.69) is 19.9 Å². The lowest BCUT2D eigenvalue weighted by Gasteiger charge is -2.15. The van der Waals surface area contributed by atoms with Crippen molar-refractivity contribution in [2.24, 2.45) is 5.41 Å². The fraction of sp³-hybridized carbons (Fsp3) is 0.294. The van der Waals surface area contributed by atoms with Crippen LogP contribution in [0.25, 0.3) is 11.2 Å². The zero-order valence-corrected chi connectivity index (χ0v) is 13.0. The number of nitrogens with one attached hydrogen (secondary N) is 1. The molecule has 1 unspecified atom stereocenters. The highest BCUT2D eigenvalue weighted by atomic mass is 16.3. The predicted octanol–water partition coefficient (Wildman–Crippen LogP) is 2.20. The maximum atomic E-state index is 11.2. The molecule has 0 radical (unpaired) electrons. The van der Waals surface area contributed by atoms with Crippen molar-refractivity contribution >= 4 is 17.5 Å². The van der Waals surface area contributed by atoms with Crippen LogP contribution in [-0.2, 0) is 11.2 Å². The van der Waals surface area contributed by atoms with Crippen molar-refractivity contribution in [1.82, 2.24) is 19.9 Å². The van der Waals surface area contributed by atoms with Crippen LogP contribution in [-0.4, -0.2) is 31.3 Å². The van der Waals surface area contributed by atoms with Crippen LogP contribution < -0.4 is 0 Å². The molecule has 3 aromatic rings. The number of carbonyl (C=O) groups is 1. The summed E-state index contributed by atoms with van der Waals surface area (Å²) in [5, 5.41) is 10.4. The number of H-pyrrole nitrogens is 1. The van der Waals surface area contributed by atoms with Crippen molar-refractivity contribution in [2.75, 3.05) is 0 Å². The van der Waals surface area contributed by atoms with Crippen LogP contribution in [0.4, 0.5) is 0 Å². The van der Waals surface area contributed by atoms with E-state index in [1.54, 1.807) is 30.7 Å². The van der Waals surface area contributed by atoms with Crippen molar-refractivity contribution in [3.63, 3.8) is 0 Å². The van der Waals surface area contributed by atoms with E-state index >= 15 is 0 Å². The predicted molar refractivity (Wildman–Crippen MR) is 85.7 cm³/mol. The summed E-state index contributed by atoms with van der Waals surface area (Å²) in [4.78, 5) is 27.1. The molecule has 0 aliphatic rings. The van der Waals surface area contributed by atoms with Gasteiger partial charge in [0.05, 0.1) is 11.9 Å². The van der Waals surface area contributed by atoms with Crippen LogP contribution in [0.5, 0.6) is 0 Å². The number of aldehydes is 1. The quantitative estimate of drug-likeness (QED) is 0.705. The number of fused-ring (bicyclic) bond motifs is 1. The molecule has 1 atom stereocenters. The minimum Gasteiger partial charge on any atom is -0.382 e. The van der Waals surface area contributed by atoms with Gasteiger partial charge in [-0.1, -0.05) is 19.9 Å². The molecule has 3 heterocycles. The van der Waals surface area contributed by atoms with Gasteiger partial charge in [-0.05, 0) is 18.1 Å². The lowest BCUT2D eigenvalue weighted by Crippen LogP contribution is -2.16. The summed E-state index contributed by atoms with van der Waals surface area (Å²) in [5.74, 6) is 0. The van der Waals surface area contributed by atoms with Crippen LogP contribution in [0.1, 0.15) is 36.8 Å². The minimum absolute atomic E-state index is 0.454. The summed E-state index contributed by atoms with van der Waals surface area (Å²) in [6.45, 7) is 3.75. The van der Waals surface area contributed by atoms with Gasteiger partial charge in [0, 0.05) is 29.6 Å². The third-order valence-electron chi connectivity index (χ3n) is 3.72. The van der Waals surface area contributed by atoms with Gasteiger partial charge in [-0.3, -0.25) is 4.98 Å². The molecular formula is C17H18N4O2. The third-order valence-corrected chi connectivity index (χ3v) is 3.72. The number of hydrogen-bond acceptors (Lipinski definition) is 5. The fourth-order valence-corrected chi connectivity index (χ4v) is 2.46. The number of aromatic amines is 1. The molecule has 3 aromatic heterocycles. The highest BCUT2D eigenvalue weighted by molar-refractivity contribution is 5.76. The molecule has 118 valence electrons. The molecule has 0 saturated carbocycles. The Hall–Kier alpha value is -2.60. The largest absolute Gasteiger partial charge is 0.382 e. The Balaban J connectivity index is 1.99. The zero-order chi connectivity index (χ0) is 16.4. The third kappa shape index (κ3) is 3.12. The first-order chi connectivity index (χ1) is 11.0. The molecule has 0 bridgehead atoms. The second kappa shape index (κ2) is 5.89. The fourth-order valence-electron chi connectivity index (χ4n) is 2.46. The number of carbonyl (C=O) groups excluding carboxylic acids is 1. The average Bonchev–Trinajstić information content (AvgIpc) is 2.96. The van der Waals surface area contributed by atoms with E-state index in [4.69, 9.17) is 0 Å². The second-order valence-corrected chi connectivity index (χ2v) is 6.28. The van der Waals surface area contributed by atoms with Gasteiger partial charge < -0.3 is 14.9 Å². The molecule has 6 heteroatoms. The van der Waals surface area contributed by atoms with Gasteiger partial charge in [0.25, 0.3) is 0 Å². The Bertz CT molecular complexity index is 827. The Morgan fingerprint density at radius 2 is 2.22 bits per heavy atom. The van der Waals surface area contributed by atoms with Gasteiger partial charge in [0.2, 0.25) is 0 Å². The molecule has 0 saturated heterocycles. The Morgan fingerprint density at radius 1 is 1.39 bits per heavy atom. The molecule has 0 fully saturated rings. The number of rotatable bonds is 5. The number of aliphatic hydroxyl groups is 1. The number of aromatic nitrogens is 4. The van der Waals surface area contributed by atoms with Crippen LogP contribution in [0, 0.1) is 5.41 Å². The number of nitrogens with zero attached hydrogens (tertiary/aromatic N) is 3. The summed E-state index contributed by atoms with van der Waals surface area (Å²) in [6, 6.07) is 3.55. The standard InChI is InChI=1S/C17H18N4O2/c1-17(2,10-22)6-12-8-19-16-14(12)21-13(9-20-16)15(23)11-4-3-5-18-7-11/h3-5,7-10,15,23H,6H2,1-2H3,(H,19,20). The topological polar surface area (TPSA) is 91.8 Å². The van der Waals surface area contributed by atoms with Gasteiger partial charge in [0.1, 0.15) is 17.9 Å². The average molecular weight is 310 g/mol. The summed E-state index contributed by atoms with van der Waals surface area (Å²) >= 11 is 0. The van der Waals surface area contributed by atoms with Gasteiger partial charge in [0.15, 0.2) is 5.65 Å². The molecule has 23 heavy (non-hydrogen) atoms. The zero-order valence-electron chi connectivity index (χ0n) is 13.0. The van der Waals surface area contributed by atoms with E-state index in [-0.39, 0.29) is 0 Å². The monoisotopic (exact) mass is 310 g/mol. The first-order valence-electron chi connectivity index (χ1n) is 7.37. The Kier molecular flexibility index (Phi) is 3.92. The lowest BCUT2D eigenvalue weighted by atomic mass is 9.88. The maximum Gasteiger partial charge on any atom is 0.156 e. The van der Waals surface area contributed by atoms with Crippen molar-refractivity contribution < 1.29 is 9.90 Å². The van der Waals surface area contributed by atoms with Crippen LogP contribution in [0.15, 0.2) is 36.9 Å². The van der Waals surface area contributed by atoms with Gasteiger partial charge in [-0.25, -0.2) is 9.97 Å². The molecule has 3 rings (SSSR count). The van der Waals surface area contributed by atoms with Crippen LogP contribution >= 0.6 is 0 Å². The van der Waals surface area contributed by atoms with Gasteiger partial charge in [-0.15, -0.1) is 0 Å². The van der Waals surface area contributed by atoms with Crippen LogP contribution in [0.3, 0.4) is 0 Å². The molecule has 6 nitrogen and oxygen atoms in total.